The molecule has 0 fully saturated rings. The summed E-state index contributed by atoms with van der Waals surface area (Å²) >= 11 is 0. The largest absolute Gasteiger partial charge is 0.493 e. The van der Waals surface area contributed by atoms with Gasteiger partial charge in [0.15, 0.2) is 0 Å². The van der Waals surface area contributed by atoms with Crippen molar-refractivity contribution in [1.82, 2.24) is 0 Å². The summed E-state index contributed by atoms with van der Waals surface area (Å²) in [6.07, 6.45) is 3.65. The summed E-state index contributed by atoms with van der Waals surface area (Å²) in [6.45, 7) is 2.05. The molecule has 1 aliphatic heterocycles. The van der Waals surface area contributed by atoms with Gasteiger partial charge in [-0.2, -0.15) is 0 Å². The third kappa shape index (κ3) is 1.83. The molecule has 2 atom stereocenters. The Hall–Kier alpha value is -1.84. The van der Waals surface area contributed by atoms with Crippen LogP contribution in [0.15, 0.2) is 36.6 Å². The van der Waals surface area contributed by atoms with E-state index in [9.17, 15) is 10.1 Å². The number of hydrogen-bond acceptors (Lipinski definition) is 3. The second-order valence-corrected chi connectivity index (χ2v) is 3.59. The average Bonchev–Trinajstić information content (AvgIpc) is 2.65. The molecule has 0 aromatic heterocycles. The van der Waals surface area contributed by atoms with Crippen LogP contribution in [0.3, 0.4) is 0 Å². The first-order chi connectivity index (χ1) is 7.18. The third-order valence-corrected chi connectivity index (χ3v) is 2.52. The Bertz CT molecular complexity index is 397. The van der Waals surface area contributed by atoms with Gasteiger partial charge in [-0.05, 0) is 23.8 Å². The number of nitro benzene ring substituents is 1. The van der Waals surface area contributed by atoms with Crippen molar-refractivity contribution in [2.24, 2.45) is 5.92 Å². The van der Waals surface area contributed by atoms with Crippen molar-refractivity contribution < 1.29 is 9.66 Å². The highest BCUT2D eigenvalue weighted by molar-refractivity contribution is 5.34. The Morgan fingerprint density at radius 2 is 2.00 bits per heavy atom. The minimum absolute atomic E-state index is 0.00851. The van der Waals surface area contributed by atoms with E-state index in [1.807, 2.05) is 6.08 Å². The van der Waals surface area contributed by atoms with E-state index >= 15 is 0 Å². The lowest BCUT2D eigenvalue weighted by atomic mass is 9.99. The maximum Gasteiger partial charge on any atom is 0.269 e. The molecule has 0 N–H and O–H groups in total. The number of hydrogen-bond donors (Lipinski definition) is 0. The van der Waals surface area contributed by atoms with Crippen molar-refractivity contribution in [3.05, 3.63) is 52.3 Å². The van der Waals surface area contributed by atoms with Gasteiger partial charge >= 0.3 is 0 Å². The number of benzene rings is 1. The summed E-state index contributed by atoms with van der Waals surface area (Å²) in [4.78, 5) is 10.1. The van der Waals surface area contributed by atoms with Gasteiger partial charge in [-0.15, -0.1) is 0 Å². The van der Waals surface area contributed by atoms with Crippen LogP contribution in [0.4, 0.5) is 5.69 Å². The van der Waals surface area contributed by atoms with Crippen molar-refractivity contribution in [1.29, 1.82) is 0 Å². The van der Waals surface area contributed by atoms with Crippen molar-refractivity contribution >= 4 is 5.69 Å². The van der Waals surface area contributed by atoms with Crippen LogP contribution in [0.2, 0.25) is 0 Å². The standard InChI is InChI=1S/C11H11NO3/c1-8-6-7-15-11(8)9-2-4-10(5-3-9)12(13)14/h2-8,11H,1H3/t8-,11-/m0/s1. The fraction of sp³-hybridized carbons (Fsp3) is 0.273. The number of nitro groups is 1. The fourth-order valence-electron chi connectivity index (χ4n) is 1.65. The van der Waals surface area contributed by atoms with Crippen LogP contribution in [0.1, 0.15) is 18.6 Å². The lowest BCUT2D eigenvalue weighted by Gasteiger charge is -2.14. The van der Waals surface area contributed by atoms with E-state index in [2.05, 4.69) is 6.92 Å². The Balaban J connectivity index is 2.20. The van der Waals surface area contributed by atoms with Gasteiger partial charge < -0.3 is 4.74 Å². The Kier molecular flexibility index (Phi) is 2.41. The zero-order valence-corrected chi connectivity index (χ0v) is 8.29. The van der Waals surface area contributed by atoms with Crippen LogP contribution >= 0.6 is 0 Å². The maximum atomic E-state index is 10.5. The van der Waals surface area contributed by atoms with E-state index in [0.717, 1.165) is 5.56 Å². The Morgan fingerprint density at radius 3 is 2.47 bits per heavy atom. The minimum atomic E-state index is -0.402. The van der Waals surface area contributed by atoms with Crippen LogP contribution in [-0.2, 0) is 4.74 Å². The van der Waals surface area contributed by atoms with E-state index in [1.165, 1.54) is 12.1 Å². The number of rotatable bonds is 2. The number of nitrogens with zero attached hydrogens (tertiary/aromatic N) is 1. The summed E-state index contributed by atoms with van der Waals surface area (Å²) in [5.41, 5.74) is 1.08. The molecule has 0 aliphatic carbocycles. The highest BCUT2D eigenvalue weighted by Crippen LogP contribution is 2.32. The van der Waals surface area contributed by atoms with Gasteiger partial charge in [0.2, 0.25) is 0 Å². The van der Waals surface area contributed by atoms with Gasteiger partial charge in [0, 0.05) is 18.1 Å². The zero-order chi connectivity index (χ0) is 10.8. The van der Waals surface area contributed by atoms with E-state index in [-0.39, 0.29) is 11.8 Å². The SMILES string of the molecule is C[C@H]1C=CO[C@@H]1c1ccc([N+](=O)[O-])cc1. The molecule has 1 aromatic carbocycles. The lowest BCUT2D eigenvalue weighted by molar-refractivity contribution is -0.384. The molecule has 78 valence electrons. The van der Waals surface area contributed by atoms with Gasteiger partial charge in [-0.25, -0.2) is 0 Å². The highest BCUT2D eigenvalue weighted by Gasteiger charge is 2.22. The van der Waals surface area contributed by atoms with Crippen molar-refractivity contribution in [2.45, 2.75) is 13.0 Å². The predicted octanol–water partition coefficient (Wildman–Crippen LogP) is 2.82. The van der Waals surface area contributed by atoms with Crippen LogP contribution in [0.25, 0.3) is 0 Å². The maximum absolute atomic E-state index is 10.5. The molecule has 0 bridgehead atoms. The fourth-order valence-corrected chi connectivity index (χ4v) is 1.65. The summed E-state index contributed by atoms with van der Waals surface area (Å²) in [5.74, 6) is 0.312. The van der Waals surface area contributed by atoms with Gasteiger partial charge in [0.05, 0.1) is 11.2 Å². The first-order valence-corrected chi connectivity index (χ1v) is 4.75. The van der Waals surface area contributed by atoms with Crippen LogP contribution < -0.4 is 0 Å². The molecule has 0 spiro atoms. The molecule has 2 rings (SSSR count). The molecule has 1 aliphatic rings. The number of ether oxygens (including phenoxy) is 1. The van der Waals surface area contributed by atoms with E-state index in [4.69, 9.17) is 4.74 Å². The first-order valence-electron chi connectivity index (χ1n) is 4.75. The Labute approximate surface area is 87.3 Å². The number of non-ortho nitro benzene ring substituents is 1. The summed E-state index contributed by atoms with van der Waals surface area (Å²) in [7, 11) is 0. The second kappa shape index (κ2) is 3.73. The topological polar surface area (TPSA) is 52.4 Å². The van der Waals surface area contributed by atoms with E-state index < -0.39 is 4.92 Å². The van der Waals surface area contributed by atoms with Gasteiger partial charge in [0.25, 0.3) is 5.69 Å². The van der Waals surface area contributed by atoms with Gasteiger partial charge in [0.1, 0.15) is 6.10 Å². The summed E-state index contributed by atoms with van der Waals surface area (Å²) < 4.78 is 5.40. The molecule has 1 heterocycles. The molecule has 4 nitrogen and oxygen atoms in total. The highest BCUT2D eigenvalue weighted by atomic mass is 16.6. The van der Waals surface area contributed by atoms with E-state index in [0.29, 0.717) is 5.92 Å². The molecule has 0 saturated carbocycles. The van der Waals surface area contributed by atoms with Crippen LogP contribution in [-0.4, -0.2) is 4.92 Å². The molecule has 0 saturated heterocycles. The van der Waals surface area contributed by atoms with Gasteiger partial charge in [-0.1, -0.05) is 6.92 Å². The van der Waals surface area contributed by atoms with Crippen LogP contribution in [0.5, 0.6) is 0 Å². The third-order valence-electron chi connectivity index (χ3n) is 2.52. The summed E-state index contributed by atoms with van der Waals surface area (Å²) in [6, 6.07) is 6.49. The minimum Gasteiger partial charge on any atom is -0.493 e. The normalized spacial score (nSPS) is 23.8. The van der Waals surface area contributed by atoms with Crippen LogP contribution in [0, 0.1) is 16.0 Å². The summed E-state index contributed by atoms with van der Waals surface area (Å²) in [5, 5.41) is 10.5. The zero-order valence-electron chi connectivity index (χ0n) is 8.29. The molecular formula is C11H11NO3. The van der Waals surface area contributed by atoms with E-state index in [1.54, 1.807) is 18.4 Å². The van der Waals surface area contributed by atoms with Crippen molar-refractivity contribution in [3.8, 4) is 0 Å². The molecule has 0 amide bonds. The molecule has 1 aromatic rings. The molecular weight excluding hydrogens is 194 g/mol. The van der Waals surface area contributed by atoms with Gasteiger partial charge in [-0.3, -0.25) is 10.1 Å². The lowest BCUT2D eigenvalue weighted by Crippen LogP contribution is -2.04. The molecule has 0 unspecified atom stereocenters. The quantitative estimate of drug-likeness (QED) is 0.551. The molecule has 15 heavy (non-hydrogen) atoms. The average molecular weight is 205 g/mol. The monoisotopic (exact) mass is 205 g/mol. The van der Waals surface area contributed by atoms with Crippen molar-refractivity contribution in [2.75, 3.05) is 0 Å². The molecule has 4 heteroatoms. The molecule has 0 radical (unpaired) electrons. The second-order valence-electron chi connectivity index (χ2n) is 3.59. The first kappa shape index (κ1) is 9.71. The predicted molar refractivity (Wildman–Crippen MR) is 55.2 cm³/mol. The Morgan fingerprint density at radius 1 is 1.33 bits per heavy atom. The van der Waals surface area contributed by atoms with Crippen molar-refractivity contribution in [3.63, 3.8) is 0 Å². The smallest absolute Gasteiger partial charge is 0.269 e.